The maximum absolute atomic E-state index is 12.8. The standard InChI is InChI=1S/C10H8F2N3/c1-7-5-15(14-13-7)6-8-2-9(11)4-10(12)3-8/h2-5H,1,6H2. The van der Waals surface area contributed by atoms with Gasteiger partial charge in [0.1, 0.15) is 11.6 Å². The Kier molecular flexibility index (Phi) is 2.45. The second-order valence-electron chi connectivity index (χ2n) is 3.19. The first-order chi connectivity index (χ1) is 7.13. The zero-order chi connectivity index (χ0) is 10.8. The van der Waals surface area contributed by atoms with Gasteiger partial charge >= 0.3 is 0 Å². The van der Waals surface area contributed by atoms with Crippen molar-refractivity contribution in [3.63, 3.8) is 0 Å². The van der Waals surface area contributed by atoms with Crippen LogP contribution in [0, 0.1) is 18.6 Å². The predicted molar refractivity (Wildman–Crippen MR) is 49.9 cm³/mol. The summed E-state index contributed by atoms with van der Waals surface area (Å²) in [4.78, 5) is 0. The molecule has 0 atom stereocenters. The largest absolute Gasteiger partial charge is 0.248 e. The van der Waals surface area contributed by atoms with E-state index in [-0.39, 0.29) is 6.54 Å². The molecule has 0 spiro atoms. The molecule has 0 amide bonds. The third-order valence-electron chi connectivity index (χ3n) is 1.85. The quantitative estimate of drug-likeness (QED) is 0.753. The number of rotatable bonds is 2. The van der Waals surface area contributed by atoms with Crippen molar-refractivity contribution in [2.45, 2.75) is 6.54 Å². The second kappa shape index (κ2) is 3.76. The Bertz CT molecular complexity index is 459. The van der Waals surface area contributed by atoms with E-state index >= 15 is 0 Å². The molecule has 0 saturated carbocycles. The van der Waals surface area contributed by atoms with Gasteiger partial charge in [-0.3, -0.25) is 0 Å². The summed E-state index contributed by atoms with van der Waals surface area (Å²) in [5, 5.41) is 7.40. The minimum atomic E-state index is -0.597. The van der Waals surface area contributed by atoms with E-state index in [1.165, 1.54) is 16.8 Å². The number of hydrogen-bond acceptors (Lipinski definition) is 2. The van der Waals surface area contributed by atoms with E-state index in [1.807, 2.05) is 0 Å². The number of nitrogens with zero attached hydrogens (tertiary/aromatic N) is 3. The van der Waals surface area contributed by atoms with Gasteiger partial charge in [-0.25, -0.2) is 13.5 Å². The predicted octanol–water partition coefficient (Wildman–Crippen LogP) is 1.79. The van der Waals surface area contributed by atoms with Crippen LogP contribution in [0.2, 0.25) is 0 Å². The summed E-state index contributed by atoms with van der Waals surface area (Å²) >= 11 is 0. The van der Waals surface area contributed by atoms with Crippen LogP contribution in [-0.2, 0) is 6.54 Å². The second-order valence-corrected chi connectivity index (χ2v) is 3.19. The topological polar surface area (TPSA) is 30.7 Å². The Morgan fingerprint density at radius 3 is 2.40 bits per heavy atom. The summed E-state index contributed by atoms with van der Waals surface area (Å²) in [7, 11) is 0. The number of halogens is 2. The van der Waals surface area contributed by atoms with Crippen LogP contribution in [0.25, 0.3) is 0 Å². The van der Waals surface area contributed by atoms with Crippen molar-refractivity contribution < 1.29 is 8.78 Å². The van der Waals surface area contributed by atoms with Crippen molar-refractivity contribution in [3.8, 4) is 0 Å². The van der Waals surface area contributed by atoms with Crippen LogP contribution in [0.3, 0.4) is 0 Å². The monoisotopic (exact) mass is 208 g/mol. The Hall–Kier alpha value is -1.78. The average Bonchev–Trinajstić information content (AvgIpc) is 2.49. The van der Waals surface area contributed by atoms with E-state index in [9.17, 15) is 8.78 Å². The van der Waals surface area contributed by atoms with Crippen molar-refractivity contribution in [1.29, 1.82) is 0 Å². The molecule has 2 aromatic rings. The molecule has 0 aliphatic heterocycles. The first-order valence-corrected chi connectivity index (χ1v) is 4.30. The molecule has 0 saturated heterocycles. The highest BCUT2D eigenvalue weighted by Crippen LogP contribution is 2.09. The molecule has 0 aliphatic rings. The normalized spacial score (nSPS) is 10.6. The summed E-state index contributed by atoms with van der Waals surface area (Å²) in [5.41, 5.74) is 1.02. The first kappa shape index (κ1) is 9.76. The minimum absolute atomic E-state index is 0.275. The van der Waals surface area contributed by atoms with Crippen LogP contribution in [0.4, 0.5) is 8.78 Å². The van der Waals surface area contributed by atoms with Gasteiger partial charge in [-0.15, -0.1) is 5.10 Å². The molecule has 1 heterocycles. The average molecular weight is 208 g/mol. The van der Waals surface area contributed by atoms with Gasteiger partial charge in [0.15, 0.2) is 0 Å². The van der Waals surface area contributed by atoms with E-state index in [0.29, 0.717) is 11.3 Å². The van der Waals surface area contributed by atoms with Crippen LogP contribution in [-0.4, -0.2) is 15.0 Å². The molecule has 0 unspecified atom stereocenters. The fourth-order valence-electron chi connectivity index (χ4n) is 1.31. The van der Waals surface area contributed by atoms with Crippen LogP contribution >= 0.6 is 0 Å². The number of benzene rings is 1. The minimum Gasteiger partial charge on any atom is -0.248 e. The lowest BCUT2D eigenvalue weighted by Crippen LogP contribution is -2.01. The molecule has 1 aromatic carbocycles. The zero-order valence-corrected chi connectivity index (χ0v) is 7.82. The lowest BCUT2D eigenvalue weighted by Gasteiger charge is -2.01. The Labute approximate surface area is 85.3 Å². The van der Waals surface area contributed by atoms with Crippen molar-refractivity contribution >= 4 is 0 Å². The van der Waals surface area contributed by atoms with Gasteiger partial charge in [0.05, 0.1) is 12.2 Å². The highest BCUT2D eigenvalue weighted by molar-refractivity contribution is 5.18. The smallest absolute Gasteiger partial charge is 0.126 e. The van der Waals surface area contributed by atoms with Crippen LogP contribution in [0.1, 0.15) is 11.3 Å². The van der Waals surface area contributed by atoms with Crippen molar-refractivity contribution in [2.75, 3.05) is 0 Å². The maximum Gasteiger partial charge on any atom is 0.126 e. The Morgan fingerprint density at radius 2 is 1.87 bits per heavy atom. The van der Waals surface area contributed by atoms with E-state index in [2.05, 4.69) is 17.2 Å². The zero-order valence-electron chi connectivity index (χ0n) is 7.82. The van der Waals surface area contributed by atoms with Crippen molar-refractivity contribution in [1.82, 2.24) is 15.0 Å². The third kappa shape index (κ3) is 2.37. The molecule has 0 fully saturated rings. The Balaban J connectivity index is 2.24. The van der Waals surface area contributed by atoms with Gasteiger partial charge in [0.2, 0.25) is 0 Å². The molecule has 77 valence electrons. The van der Waals surface area contributed by atoms with Gasteiger partial charge in [0.25, 0.3) is 0 Å². The molecule has 3 nitrogen and oxygen atoms in total. The summed E-state index contributed by atoms with van der Waals surface area (Å²) in [5.74, 6) is -1.19. The molecule has 0 N–H and O–H groups in total. The molecular formula is C10H8F2N3. The lowest BCUT2D eigenvalue weighted by molar-refractivity contribution is 0.572. The lowest BCUT2D eigenvalue weighted by atomic mass is 10.2. The molecule has 1 aromatic heterocycles. The fraction of sp³-hybridized carbons (Fsp3) is 0.100. The molecule has 15 heavy (non-hydrogen) atoms. The van der Waals surface area contributed by atoms with Gasteiger partial charge < -0.3 is 0 Å². The summed E-state index contributed by atoms with van der Waals surface area (Å²) in [6.45, 7) is 3.85. The van der Waals surface area contributed by atoms with E-state index in [0.717, 1.165) is 6.07 Å². The SMILES string of the molecule is [CH2]c1cn(Cc2cc(F)cc(F)c2)nn1. The van der Waals surface area contributed by atoms with Gasteiger partial charge in [-0.1, -0.05) is 5.21 Å². The summed E-state index contributed by atoms with van der Waals surface area (Å²) in [6.07, 6.45) is 1.60. The Morgan fingerprint density at radius 1 is 1.20 bits per heavy atom. The van der Waals surface area contributed by atoms with Crippen LogP contribution in [0.5, 0.6) is 0 Å². The van der Waals surface area contributed by atoms with Gasteiger partial charge in [-0.2, -0.15) is 0 Å². The number of aromatic nitrogens is 3. The molecule has 0 aliphatic carbocycles. The first-order valence-electron chi connectivity index (χ1n) is 4.30. The number of hydrogen-bond donors (Lipinski definition) is 0. The van der Waals surface area contributed by atoms with Gasteiger partial charge in [0, 0.05) is 12.3 Å². The van der Waals surface area contributed by atoms with Crippen LogP contribution in [0.15, 0.2) is 24.4 Å². The molecule has 2 rings (SSSR count). The van der Waals surface area contributed by atoms with Crippen molar-refractivity contribution in [2.24, 2.45) is 0 Å². The molecule has 1 radical (unpaired) electrons. The summed E-state index contributed by atoms with van der Waals surface area (Å²) < 4.78 is 27.1. The molecule has 0 bridgehead atoms. The highest BCUT2D eigenvalue weighted by atomic mass is 19.1. The molecular weight excluding hydrogens is 200 g/mol. The third-order valence-corrected chi connectivity index (χ3v) is 1.85. The maximum atomic E-state index is 12.8. The highest BCUT2D eigenvalue weighted by Gasteiger charge is 2.02. The molecule has 5 heteroatoms. The van der Waals surface area contributed by atoms with E-state index in [1.54, 1.807) is 6.20 Å². The van der Waals surface area contributed by atoms with Gasteiger partial charge in [-0.05, 0) is 24.6 Å². The fourth-order valence-corrected chi connectivity index (χ4v) is 1.31. The van der Waals surface area contributed by atoms with E-state index in [4.69, 9.17) is 0 Å². The van der Waals surface area contributed by atoms with Crippen molar-refractivity contribution in [3.05, 3.63) is 54.2 Å². The van der Waals surface area contributed by atoms with Crippen LogP contribution < -0.4 is 0 Å². The summed E-state index contributed by atoms with van der Waals surface area (Å²) in [6, 6.07) is 3.35. The van der Waals surface area contributed by atoms with E-state index < -0.39 is 11.6 Å².